The van der Waals surface area contributed by atoms with Gasteiger partial charge in [-0.05, 0) is 28.9 Å². The van der Waals surface area contributed by atoms with Crippen LogP contribution >= 0.6 is 0 Å². The van der Waals surface area contributed by atoms with Crippen molar-refractivity contribution in [3.8, 4) is 0 Å². The van der Waals surface area contributed by atoms with Gasteiger partial charge in [0.1, 0.15) is 19.3 Å². The van der Waals surface area contributed by atoms with Gasteiger partial charge in [0.25, 0.3) is 5.60 Å². The second-order valence-corrected chi connectivity index (χ2v) is 11.0. The highest BCUT2D eigenvalue weighted by atomic mass is 16.6. The maximum atomic E-state index is 13.7. The Morgan fingerprint density at radius 3 is 1.59 bits per heavy atom. The number of nitrogens with one attached hydrogen (secondary N) is 2. The molecule has 0 spiro atoms. The highest BCUT2D eigenvalue weighted by Crippen LogP contribution is 2.30. The zero-order chi connectivity index (χ0) is 29.2. The maximum absolute atomic E-state index is 13.7. The fourth-order valence-corrected chi connectivity index (χ4v) is 4.04. The molecule has 0 bridgehead atoms. The minimum atomic E-state index is -2.97. The van der Waals surface area contributed by atoms with E-state index in [2.05, 4.69) is 10.6 Å². The van der Waals surface area contributed by atoms with Crippen LogP contribution in [0.2, 0.25) is 0 Å². The minimum absolute atomic E-state index is 0.0617. The molecule has 0 aromatic heterocycles. The molecule has 0 aliphatic heterocycles. The highest BCUT2D eigenvalue weighted by Gasteiger charge is 2.57. The molecule has 3 N–H and O–H groups in total. The lowest BCUT2D eigenvalue weighted by atomic mass is 9.79. The first kappa shape index (κ1) is 31.5. The van der Waals surface area contributed by atoms with Gasteiger partial charge in [0, 0.05) is 7.05 Å². The van der Waals surface area contributed by atoms with Crippen molar-refractivity contribution in [2.45, 2.75) is 65.9 Å². The van der Waals surface area contributed by atoms with Crippen molar-refractivity contribution in [2.24, 2.45) is 17.3 Å². The molecule has 0 saturated carbocycles. The third-order valence-electron chi connectivity index (χ3n) is 6.24. The van der Waals surface area contributed by atoms with Gasteiger partial charge < -0.3 is 25.2 Å². The molecule has 0 heterocycles. The second-order valence-electron chi connectivity index (χ2n) is 11.0. The van der Waals surface area contributed by atoms with Crippen LogP contribution in [0.5, 0.6) is 0 Å². The van der Waals surface area contributed by atoms with Crippen LogP contribution < -0.4 is 10.6 Å². The van der Waals surface area contributed by atoms with Crippen LogP contribution in [-0.4, -0.2) is 47.6 Å². The lowest BCUT2D eigenvalue weighted by Gasteiger charge is -2.35. The highest BCUT2D eigenvalue weighted by molar-refractivity contribution is 6.08. The molecular formula is C30H40N2O7. The smallest absolute Gasteiger partial charge is 0.351 e. The summed E-state index contributed by atoms with van der Waals surface area (Å²) in [6, 6.07) is 16.5. The predicted molar refractivity (Wildman–Crippen MR) is 146 cm³/mol. The van der Waals surface area contributed by atoms with Gasteiger partial charge in [0.2, 0.25) is 11.8 Å². The largest absolute Gasteiger partial charge is 0.458 e. The van der Waals surface area contributed by atoms with E-state index in [0.29, 0.717) is 11.1 Å². The van der Waals surface area contributed by atoms with Gasteiger partial charge >= 0.3 is 11.9 Å². The lowest BCUT2D eigenvalue weighted by molar-refractivity contribution is -0.195. The van der Waals surface area contributed by atoms with E-state index in [0.717, 1.165) is 0 Å². The third kappa shape index (κ3) is 8.64. The Bertz CT molecular complexity index is 1060. The van der Waals surface area contributed by atoms with Crippen molar-refractivity contribution in [2.75, 3.05) is 7.05 Å². The van der Waals surface area contributed by atoms with E-state index >= 15 is 0 Å². The average molecular weight is 541 g/mol. The van der Waals surface area contributed by atoms with Crippen LogP contribution in [0.1, 0.15) is 52.2 Å². The number of likely N-dealkylation sites (N-methyl/N-ethyl adjacent to an activating group) is 1. The number of hydrogen-bond acceptors (Lipinski definition) is 7. The Labute approximate surface area is 230 Å². The van der Waals surface area contributed by atoms with Gasteiger partial charge in [0.15, 0.2) is 0 Å². The summed E-state index contributed by atoms with van der Waals surface area (Å²) < 4.78 is 10.7. The van der Waals surface area contributed by atoms with Crippen LogP contribution in [0.25, 0.3) is 0 Å². The predicted octanol–water partition coefficient (Wildman–Crippen LogP) is 3.14. The van der Waals surface area contributed by atoms with E-state index in [1.54, 1.807) is 95.3 Å². The summed E-state index contributed by atoms with van der Waals surface area (Å²) in [5.41, 5.74) is -2.42. The number of rotatable bonds is 12. The molecule has 2 rings (SSSR count). The van der Waals surface area contributed by atoms with E-state index in [4.69, 9.17) is 9.47 Å². The van der Waals surface area contributed by atoms with Gasteiger partial charge in [0.05, 0.1) is 5.92 Å². The fourth-order valence-electron chi connectivity index (χ4n) is 4.04. The zero-order valence-corrected chi connectivity index (χ0v) is 23.5. The number of ether oxygens (including phenoxy) is 2. The normalized spacial score (nSPS) is 13.2. The average Bonchev–Trinajstić information content (AvgIpc) is 2.91. The number of aliphatic hydroxyl groups is 1. The van der Waals surface area contributed by atoms with Crippen molar-refractivity contribution >= 4 is 23.8 Å². The van der Waals surface area contributed by atoms with Crippen molar-refractivity contribution in [1.29, 1.82) is 0 Å². The molecule has 9 nitrogen and oxygen atoms in total. The molecule has 2 atom stereocenters. The van der Waals surface area contributed by atoms with E-state index in [-0.39, 0.29) is 25.6 Å². The van der Waals surface area contributed by atoms with E-state index < -0.39 is 46.7 Å². The van der Waals surface area contributed by atoms with Crippen molar-refractivity contribution in [3.05, 3.63) is 71.8 Å². The molecule has 0 aliphatic rings. The molecule has 0 fully saturated rings. The van der Waals surface area contributed by atoms with Crippen molar-refractivity contribution in [3.63, 3.8) is 0 Å². The summed E-state index contributed by atoms with van der Waals surface area (Å²) in [4.78, 5) is 53.2. The monoisotopic (exact) mass is 540 g/mol. The Morgan fingerprint density at radius 2 is 1.23 bits per heavy atom. The Balaban J connectivity index is 2.46. The van der Waals surface area contributed by atoms with Gasteiger partial charge in [-0.15, -0.1) is 0 Å². The quantitative estimate of drug-likeness (QED) is 0.278. The van der Waals surface area contributed by atoms with Gasteiger partial charge in [-0.2, -0.15) is 0 Å². The lowest BCUT2D eigenvalue weighted by Crippen LogP contribution is -2.62. The Morgan fingerprint density at radius 1 is 0.795 bits per heavy atom. The number of esters is 2. The molecule has 0 saturated heterocycles. The third-order valence-corrected chi connectivity index (χ3v) is 6.24. The van der Waals surface area contributed by atoms with Crippen molar-refractivity contribution in [1.82, 2.24) is 10.6 Å². The minimum Gasteiger partial charge on any atom is -0.458 e. The van der Waals surface area contributed by atoms with Crippen molar-refractivity contribution < 1.29 is 33.8 Å². The van der Waals surface area contributed by atoms with Gasteiger partial charge in [-0.25, -0.2) is 9.59 Å². The molecule has 212 valence electrons. The number of carbonyl (C=O) groups is 4. The standard InChI is InChI=1S/C30H40N2O7/c1-20(2)17-23(25(33)32-24(26(34)31-6)29(3,4)5)30(37,27(35)38-18-21-13-9-7-10-14-21)28(36)39-19-22-15-11-8-12-16-22/h7-16,20,23-24,37H,17-19H2,1-6H3,(H,31,34)(H,32,33)/t23-,24+/m0/s1. The zero-order valence-electron chi connectivity index (χ0n) is 23.5. The van der Waals surface area contributed by atoms with E-state index in [9.17, 15) is 24.3 Å². The molecule has 0 radical (unpaired) electrons. The molecule has 2 amide bonds. The fraction of sp³-hybridized carbons (Fsp3) is 0.467. The number of carbonyl (C=O) groups excluding carboxylic acids is 4. The molecule has 0 aliphatic carbocycles. The summed E-state index contributed by atoms with van der Waals surface area (Å²) in [7, 11) is 1.44. The molecule has 9 heteroatoms. The Kier molecular flexibility index (Phi) is 11.2. The van der Waals surface area contributed by atoms with Crippen LogP contribution in [0.15, 0.2) is 60.7 Å². The van der Waals surface area contributed by atoms with Crippen LogP contribution in [0, 0.1) is 17.3 Å². The molecule has 2 aromatic rings. The molecular weight excluding hydrogens is 500 g/mol. The number of benzene rings is 2. The summed E-state index contributed by atoms with van der Waals surface area (Å²) in [5, 5.41) is 17.0. The second kappa shape index (κ2) is 13.9. The SMILES string of the molecule is CNC(=O)[C@@H](NC(=O)[C@H](CC(C)C)C(O)(C(=O)OCc1ccccc1)C(=O)OCc1ccccc1)C(C)(C)C. The van der Waals surface area contributed by atoms with Crippen LogP contribution in [0.3, 0.4) is 0 Å². The Hall–Kier alpha value is -3.72. The molecule has 0 unspecified atom stereocenters. The van der Waals surface area contributed by atoms with Crippen LogP contribution in [0.4, 0.5) is 0 Å². The topological polar surface area (TPSA) is 131 Å². The molecule has 39 heavy (non-hydrogen) atoms. The van der Waals surface area contributed by atoms with Gasteiger partial charge in [-0.3, -0.25) is 9.59 Å². The first-order chi connectivity index (χ1) is 18.3. The maximum Gasteiger partial charge on any atom is 0.351 e. The van der Waals surface area contributed by atoms with E-state index in [1.807, 2.05) is 0 Å². The first-order valence-electron chi connectivity index (χ1n) is 13.0. The summed E-state index contributed by atoms with van der Waals surface area (Å²) in [6.07, 6.45) is -0.0617. The first-order valence-corrected chi connectivity index (χ1v) is 13.0. The summed E-state index contributed by atoms with van der Waals surface area (Å²) in [6.45, 7) is 8.40. The number of amides is 2. The van der Waals surface area contributed by atoms with E-state index in [1.165, 1.54) is 7.05 Å². The summed E-state index contributed by atoms with van der Waals surface area (Å²) >= 11 is 0. The van der Waals surface area contributed by atoms with Crippen LogP contribution in [-0.2, 0) is 41.9 Å². The number of hydrogen-bond donors (Lipinski definition) is 3. The molecule has 2 aromatic carbocycles. The van der Waals surface area contributed by atoms with Gasteiger partial charge in [-0.1, -0.05) is 95.3 Å². The summed E-state index contributed by atoms with van der Waals surface area (Å²) in [5.74, 6) is -5.73.